The number of aromatic nitrogens is 2. The van der Waals surface area contributed by atoms with Gasteiger partial charge in [0.15, 0.2) is 11.6 Å². The number of ether oxygens (including phenoxy) is 2. The summed E-state index contributed by atoms with van der Waals surface area (Å²) in [6, 6.07) is 11.9. The number of fused-ring (bicyclic) bond motifs is 1. The summed E-state index contributed by atoms with van der Waals surface area (Å²) >= 11 is 3.08. The number of methoxy groups -OCH3 is 1. The summed E-state index contributed by atoms with van der Waals surface area (Å²) in [5.74, 6) is 0.948. The first-order valence-electron chi connectivity index (χ1n) is 12.4. The maximum absolute atomic E-state index is 12.6. The van der Waals surface area contributed by atoms with E-state index in [4.69, 9.17) is 19.4 Å². The molecule has 9 nitrogen and oxygen atoms in total. The fourth-order valence-electron chi connectivity index (χ4n) is 4.19. The zero-order chi connectivity index (χ0) is 27.5. The van der Waals surface area contributed by atoms with Crippen molar-refractivity contribution in [3.05, 3.63) is 59.0 Å². The van der Waals surface area contributed by atoms with Crippen LogP contribution in [0.4, 0.5) is 5.82 Å². The van der Waals surface area contributed by atoms with Crippen LogP contribution in [0.5, 0.6) is 5.75 Å². The van der Waals surface area contributed by atoms with Crippen molar-refractivity contribution in [3.63, 3.8) is 0 Å². The molecule has 5 rings (SSSR count). The first kappa shape index (κ1) is 29.6. The van der Waals surface area contributed by atoms with Crippen molar-refractivity contribution in [2.75, 3.05) is 45.9 Å². The highest BCUT2D eigenvalue weighted by Gasteiger charge is 2.30. The van der Waals surface area contributed by atoms with E-state index in [2.05, 4.69) is 10.3 Å². The Balaban J connectivity index is 0.00000370. The van der Waals surface area contributed by atoms with Gasteiger partial charge in [-0.05, 0) is 67.7 Å². The number of halogens is 1. The molecule has 2 amide bonds. The highest BCUT2D eigenvalue weighted by atomic mass is 35.5. The average Bonchev–Trinajstić information content (AvgIpc) is 3.64. The van der Waals surface area contributed by atoms with Crippen LogP contribution < -0.4 is 10.2 Å². The summed E-state index contributed by atoms with van der Waals surface area (Å²) in [7, 11) is 3.74. The van der Waals surface area contributed by atoms with E-state index in [1.165, 1.54) is 17.4 Å². The predicted octanol–water partition coefficient (Wildman–Crippen LogP) is 5.42. The lowest BCUT2D eigenvalue weighted by Crippen LogP contribution is -2.36. The number of rotatable bonds is 11. The van der Waals surface area contributed by atoms with Crippen LogP contribution in [0.1, 0.15) is 12.5 Å². The second-order valence-corrected chi connectivity index (χ2v) is 11.1. The smallest absolute Gasteiger partial charge is 0.275 e. The normalized spacial score (nSPS) is 13.2. The van der Waals surface area contributed by atoms with Gasteiger partial charge in [-0.1, -0.05) is 6.07 Å². The Hall–Kier alpha value is -3.35. The summed E-state index contributed by atoms with van der Waals surface area (Å²) in [5.41, 5.74) is 5.35. The van der Waals surface area contributed by atoms with Crippen molar-refractivity contribution in [1.82, 2.24) is 19.9 Å². The van der Waals surface area contributed by atoms with Gasteiger partial charge in [0.1, 0.15) is 17.2 Å². The third kappa shape index (κ3) is 6.18. The zero-order valence-corrected chi connectivity index (χ0v) is 25.0. The number of amides is 2. The molecular formula is C28H30ClN5O4S2. The minimum atomic E-state index is -0.421. The molecule has 0 saturated carbocycles. The molecule has 0 unspecified atom stereocenters. The Labute approximate surface area is 246 Å². The number of nitrogens with one attached hydrogen (secondary N) is 1. The third-order valence-corrected chi connectivity index (χ3v) is 8.49. The SMILES string of the molecule is COCCN(C)CCOc1ccc(-c2sc3nc(-c4cccs4)nc(NN4C(=O)C=C(C)C4=O)c3c2C)cc1.Cl. The number of hydrogen-bond donors (Lipinski definition) is 1. The van der Waals surface area contributed by atoms with Crippen LogP contribution in [0.2, 0.25) is 0 Å². The van der Waals surface area contributed by atoms with E-state index in [-0.39, 0.29) is 12.4 Å². The first-order valence-corrected chi connectivity index (χ1v) is 14.1. The number of hydrogen-bond acceptors (Lipinski definition) is 10. The highest BCUT2D eigenvalue weighted by molar-refractivity contribution is 7.22. The molecule has 0 aliphatic carbocycles. The number of likely N-dealkylation sites (N-methyl/N-ethyl adjacent to an activating group) is 1. The lowest BCUT2D eigenvalue weighted by Gasteiger charge is -2.17. The molecule has 0 fully saturated rings. The predicted molar refractivity (Wildman–Crippen MR) is 162 cm³/mol. The highest BCUT2D eigenvalue weighted by Crippen LogP contribution is 2.42. The molecule has 4 heterocycles. The summed E-state index contributed by atoms with van der Waals surface area (Å²) in [6.45, 7) is 6.56. The maximum atomic E-state index is 12.6. The second-order valence-electron chi connectivity index (χ2n) is 9.20. The molecule has 4 aromatic rings. The van der Waals surface area contributed by atoms with Gasteiger partial charge < -0.3 is 14.4 Å². The molecular weight excluding hydrogens is 570 g/mol. The van der Waals surface area contributed by atoms with E-state index < -0.39 is 11.8 Å². The number of aryl methyl sites for hydroxylation is 1. The number of benzene rings is 1. The van der Waals surface area contributed by atoms with Crippen molar-refractivity contribution in [3.8, 4) is 26.9 Å². The molecule has 0 bridgehead atoms. The van der Waals surface area contributed by atoms with Gasteiger partial charge in [-0.3, -0.25) is 15.0 Å². The van der Waals surface area contributed by atoms with Crippen molar-refractivity contribution in [1.29, 1.82) is 0 Å². The fourth-order valence-corrected chi connectivity index (χ4v) is 6.04. The van der Waals surface area contributed by atoms with Crippen LogP contribution >= 0.6 is 35.1 Å². The quantitative estimate of drug-likeness (QED) is 0.228. The zero-order valence-electron chi connectivity index (χ0n) is 22.6. The van der Waals surface area contributed by atoms with Crippen molar-refractivity contribution >= 4 is 62.9 Å². The first-order chi connectivity index (χ1) is 18.9. The molecule has 0 spiro atoms. The van der Waals surface area contributed by atoms with E-state index in [1.807, 2.05) is 55.7 Å². The second kappa shape index (κ2) is 12.9. The topological polar surface area (TPSA) is 96.9 Å². The minimum Gasteiger partial charge on any atom is -0.492 e. The number of carbonyl (C=O) groups is 2. The van der Waals surface area contributed by atoms with Crippen molar-refractivity contribution in [2.24, 2.45) is 0 Å². The largest absolute Gasteiger partial charge is 0.492 e. The van der Waals surface area contributed by atoms with Gasteiger partial charge in [0.25, 0.3) is 11.8 Å². The van der Waals surface area contributed by atoms with Gasteiger partial charge in [-0.2, -0.15) is 5.01 Å². The molecule has 0 radical (unpaired) electrons. The molecule has 1 N–H and O–H groups in total. The lowest BCUT2D eigenvalue weighted by molar-refractivity contribution is -0.135. The number of imide groups is 1. The van der Waals surface area contributed by atoms with E-state index in [1.54, 1.807) is 25.4 Å². The number of carbonyl (C=O) groups excluding carboxylic acids is 2. The Morgan fingerprint density at radius 2 is 1.80 bits per heavy atom. The van der Waals surface area contributed by atoms with Crippen LogP contribution in [0, 0.1) is 6.92 Å². The Morgan fingerprint density at radius 3 is 2.45 bits per heavy atom. The van der Waals surface area contributed by atoms with Crippen LogP contribution in [0.25, 0.3) is 31.4 Å². The summed E-state index contributed by atoms with van der Waals surface area (Å²) in [5, 5.41) is 3.74. The van der Waals surface area contributed by atoms with Crippen LogP contribution in [-0.2, 0) is 14.3 Å². The van der Waals surface area contributed by atoms with E-state index in [9.17, 15) is 9.59 Å². The molecule has 0 saturated heterocycles. The fraction of sp³-hybridized carbons (Fsp3) is 0.286. The van der Waals surface area contributed by atoms with Crippen LogP contribution in [-0.4, -0.2) is 72.2 Å². The number of thiophene rings is 2. The lowest BCUT2D eigenvalue weighted by atomic mass is 10.1. The molecule has 3 aromatic heterocycles. The summed E-state index contributed by atoms with van der Waals surface area (Å²) in [6.07, 6.45) is 1.32. The molecule has 12 heteroatoms. The summed E-state index contributed by atoms with van der Waals surface area (Å²) < 4.78 is 11.0. The molecule has 40 heavy (non-hydrogen) atoms. The van der Waals surface area contributed by atoms with Crippen LogP contribution in [0.15, 0.2) is 53.4 Å². The molecule has 0 atom stereocenters. The molecule has 210 valence electrons. The Kier molecular flexibility index (Phi) is 9.54. The summed E-state index contributed by atoms with van der Waals surface area (Å²) in [4.78, 5) is 39.5. The van der Waals surface area contributed by atoms with Gasteiger partial charge in [0.05, 0.1) is 16.9 Å². The van der Waals surface area contributed by atoms with E-state index in [0.717, 1.165) is 54.9 Å². The van der Waals surface area contributed by atoms with Gasteiger partial charge in [0, 0.05) is 36.7 Å². The Bertz CT molecular complexity index is 1540. The monoisotopic (exact) mass is 599 g/mol. The number of hydrazine groups is 1. The molecule has 1 aliphatic rings. The van der Waals surface area contributed by atoms with Crippen LogP contribution in [0.3, 0.4) is 0 Å². The number of anilines is 1. The Morgan fingerprint density at radius 1 is 1.05 bits per heavy atom. The average molecular weight is 600 g/mol. The third-order valence-electron chi connectivity index (χ3n) is 6.39. The minimum absolute atomic E-state index is 0. The van der Waals surface area contributed by atoms with Gasteiger partial charge in [0.2, 0.25) is 0 Å². The standard InChI is InChI=1S/C28H29N5O4S2.ClH/c1-17-16-22(34)33(28(17)35)31-26-23-18(2)24(39-27(23)30-25(29-26)21-6-5-15-38-21)19-7-9-20(10-8-19)37-14-12-32(3)11-13-36-4;/h5-10,15-16H,11-14H2,1-4H3,(H,29,30,31);1H. The van der Waals surface area contributed by atoms with E-state index in [0.29, 0.717) is 30.4 Å². The number of nitrogens with zero attached hydrogens (tertiary/aromatic N) is 4. The molecule has 1 aromatic carbocycles. The van der Waals surface area contributed by atoms with Gasteiger partial charge >= 0.3 is 0 Å². The van der Waals surface area contributed by atoms with Crippen molar-refractivity contribution in [2.45, 2.75) is 13.8 Å². The maximum Gasteiger partial charge on any atom is 0.275 e. The molecule has 1 aliphatic heterocycles. The van der Waals surface area contributed by atoms with Gasteiger partial charge in [-0.25, -0.2) is 9.97 Å². The van der Waals surface area contributed by atoms with E-state index >= 15 is 0 Å². The van der Waals surface area contributed by atoms with Gasteiger partial charge in [-0.15, -0.1) is 35.1 Å². The van der Waals surface area contributed by atoms with Crippen molar-refractivity contribution < 1.29 is 19.1 Å².